The van der Waals surface area contributed by atoms with Crippen LogP contribution < -0.4 is 0 Å². The molecule has 1 aromatic rings. The van der Waals surface area contributed by atoms with E-state index in [-0.39, 0.29) is 11.2 Å². The van der Waals surface area contributed by atoms with Crippen molar-refractivity contribution in [2.24, 2.45) is 0 Å². The zero-order chi connectivity index (χ0) is 13.5. The molecular weight excluding hydrogens is 250 g/mol. The van der Waals surface area contributed by atoms with Gasteiger partial charge in [-0.15, -0.1) is 16.8 Å². The van der Waals surface area contributed by atoms with Crippen LogP contribution in [-0.4, -0.2) is 32.6 Å². The van der Waals surface area contributed by atoms with Crippen LogP contribution in [0.15, 0.2) is 17.8 Å². The number of rotatable bonds is 7. The molecule has 0 amide bonds. The van der Waals surface area contributed by atoms with Crippen LogP contribution in [0.3, 0.4) is 0 Å². The Morgan fingerprint density at radius 2 is 2.28 bits per heavy atom. The number of carbonyl (C=O) groups is 1. The summed E-state index contributed by atoms with van der Waals surface area (Å²) in [5.74, 6) is 0.669. The Kier molecular flexibility index (Phi) is 5.91. The molecule has 100 valence electrons. The van der Waals surface area contributed by atoms with E-state index in [0.29, 0.717) is 13.2 Å². The van der Waals surface area contributed by atoms with E-state index in [4.69, 9.17) is 4.74 Å². The van der Waals surface area contributed by atoms with Crippen molar-refractivity contribution in [3.8, 4) is 0 Å². The number of esters is 1. The minimum absolute atomic E-state index is 0.228. The van der Waals surface area contributed by atoms with Gasteiger partial charge in [0, 0.05) is 13.0 Å². The van der Waals surface area contributed by atoms with Crippen molar-refractivity contribution in [1.29, 1.82) is 0 Å². The average Bonchev–Trinajstić information content (AvgIpc) is 2.72. The summed E-state index contributed by atoms with van der Waals surface area (Å²) in [4.78, 5) is 11.6. The molecule has 0 N–H and O–H groups in total. The zero-order valence-electron chi connectivity index (χ0n) is 11.0. The molecule has 1 heterocycles. The highest BCUT2D eigenvalue weighted by Gasteiger charge is 2.20. The van der Waals surface area contributed by atoms with Crippen molar-refractivity contribution < 1.29 is 9.53 Å². The molecule has 1 atom stereocenters. The molecule has 0 saturated heterocycles. The Bertz CT molecular complexity index is 417. The first-order chi connectivity index (χ1) is 8.63. The quantitative estimate of drug-likeness (QED) is 0.431. The number of carbonyl (C=O) groups excluding carboxylic acids is 1. The first kappa shape index (κ1) is 14.8. The van der Waals surface area contributed by atoms with Crippen molar-refractivity contribution in [3.05, 3.63) is 18.5 Å². The van der Waals surface area contributed by atoms with E-state index in [1.807, 2.05) is 11.5 Å². The Labute approximate surface area is 112 Å². The number of aryl methyl sites for hydroxylation is 1. The fourth-order valence-electron chi connectivity index (χ4n) is 1.45. The normalized spacial score (nSPS) is 12.2. The third-order valence-corrected chi connectivity index (χ3v) is 3.38. The van der Waals surface area contributed by atoms with Gasteiger partial charge in [-0.3, -0.25) is 4.79 Å². The van der Waals surface area contributed by atoms with Crippen molar-refractivity contribution >= 4 is 17.7 Å². The topological polar surface area (TPSA) is 57.0 Å². The molecule has 1 rings (SSSR count). The molecule has 0 aliphatic heterocycles. The van der Waals surface area contributed by atoms with Crippen LogP contribution in [0.25, 0.3) is 0 Å². The molecular formula is C12H19N3O2S. The van der Waals surface area contributed by atoms with Crippen LogP contribution in [-0.2, 0) is 22.5 Å². The van der Waals surface area contributed by atoms with Crippen LogP contribution in [0.5, 0.6) is 0 Å². The van der Waals surface area contributed by atoms with Crippen LogP contribution in [0.4, 0.5) is 0 Å². The summed E-state index contributed by atoms with van der Waals surface area (Å²) < 4.78 is 6.94. The summed E-state index contributed by atoms with van der Waals surface area (Å²) >= 11 is 1.36. The van der Waals surface area contributed by atoms with Crippen molar-refractivity contribution in [3.63, 3.8) is 0 Å². The van der Waals surface area contributed by atoms with Gasteiger partial charge in [0.2, 0.25) is 0 Å². The molecule has 0 aromatic carbocycles. The first-order valence-electron chi connectivity index (χ1n) is 6.00. The summed E-state index contributed by atoms with van der Waals surface area (Å²) in [6, 6.07) is 0. The molecule has 0 bridgehead atoms. The summed E-state index contributed by atoms with van der Waals surface area (Å²) in [7, 11) is 0. The van der Waals surface area contributed by atoms with Gasteiger partial charge < -0.3 is 9.30 Å². The van der Waals surface area contributed by atoms with Crippen LogP contribution >= 0.6 is 11.8 Å². The monoisotopic (exact) mass is 269 g/mol. The summed E-state index contributed by atoms with van der Waals surface area (Å²) in [6.07, 6.45) is 2.59. The van der Waals surface area contributed by atoms with Crippen LogP contribution in [0, 0.1) is 0 Å². The molecule has 0 fully saturated rings. The SMILES string of the molecule is C=CCn1c(CC)nnc1SC(C)C(=O)OCC. The van der Waals surface area contributed by atoms with Gasteiger partial charge in [0.1, 0.15) is 11.1 Å². The molecule has 1 aromatic heterocycles. The first-order valence-corrected chi connectivity index (χ1v) is 6.88. The van der Waals surface area contributed by atoms with E-state index in [1.54, 1.807) is 19.9 Å². The van der Waals surface area contributed by atoms with Gasteiger partial charge in [0.05, 0.1) is 6.61 Å². The fourth-order valence-corrected chi connectivity index (χ4v) is 2.32. The maximum atomic E-state index is 11.6. The predicted octanol–water partition coefficient (Wildman–Crippen LogP) is 2.07. The number of aromatic nitrogens is 3. The average molecular weight is 269 g/mol. The van der Waals surface area contributed by atoms with Gasteiger partial charge in [-0.2, -0.15) is 0 Å². The predicted molar refractivity (Wildman–Crippen MR) is 71.5 cm³/mol. The van der Waals surface area contributed by atoms with Gasteiger partial charge in [-0.1, -0.05) is 24.8 Å². The van der Waals surface area contributed by atoms with E-state index >= 15 is 0 Å². The lowest BCUT2D eigenvalue weighted by molar-refractivity contribution is -0.142. The van der Waals surface area contributed by atoms with Gasteiger partial charge in [0.25, 0.3) is 0 Å². The van der Waals surface area contributed by atoms with Gasteiger partial charge >= 0.3 is 5.97 Å². The van der Waals surface area contributed by atoms with Gasteiger partial charge in [-0.25, -0.2) is 0 Å². The highest BCUT2D eigenvalue weighted by Crippen LogP contribution is 2.23. The largest absolute Gasteiger partial charge is 0.465 e. The summed E-state index contributed by atoms with van der Waals surface area (Å²) in [5.41, 5.74) is 0. The number of hydrogen-bond acceptors (Lipinski definition) is 5. The highest BCUT2D eigenvalue weighted by atomic mass is 32.2. The lowest BCUT2D eigenvalue weighted by Crippen LogP contribution is -2.17. The second-order valence-corrected chi connectivity index (χ2v) is 4.97. The van der Waals surface area contributed by atoms with Gasteiger partial charge in [0.15, 0.2) is 5.16 Å². The van der Waals surface area contributed by atoms with E-state index in [0.717, 1.165) is 17.4 Å². The Morgan fingerprint density at radius 1 is 1.56 bits per heavy atom. The van der Waals surface area contributed by atoms with E-state index in [1.165, 1.54) is 11.8 Å². The molecule has 0 spiro atoms. The van der Waals surface area contributed by atoms with E-state index < -0.39 is 0 Å². The number of thioether (sulfide) groups is 1. The maximum absolute atomic E-state index is 11.6. The summed E-state index contributed by atoms with van der Waals surface area (Å²) in [5, 5.41) is 8.65. The minimum Gasteiger partial charge on any atom is -0.465 e. The molecule has 0 aliphatic rings. The Balaban J connectivity index is 2.80. The lowest BCUT2D eigenvalue weighted by atomic mass is 10.4. The maximum Gasteiger partial charge on any atom is 0.319 e. The zero-order valence-corrected chi connectivity index (χ0v) is 11.9. The standard InChI is InChI=1S/C12H19N3O2S/c1-5-8-15-10(6-2)13-14-12(15)18-9(4)11(16)17-7-3/h5,9H,1,6-8H2,2-4H3. The summed E-state index contributed by atoms with van der Waals surface area (Å²) in [6.45, 7) is 10.4. The number of allylic oxidation sites excluding steroid dienone is 1. The highest BCUT2D eigenvalue weighted by molar-refractivity contribution is 8.00. The third-order valence-electron chi connectivity index (χ3n) is 2.32. The Hall–Kier alpha value is -1.30. The van der Waals surface area contributed by atoms with E-state index in [9.17, 15) is 4.79 Å². The van der Waals surface area contributed by atoms with Crippen molar-refractivity contribution in [2.75, 3.05) is 6.61 Å². The Morgan fingerprint density at radius 3 is 2.83 bits per heavy atom. The van der Waals surface area contributed by atoms with Crippen LogP contribution in [0.1, 0.15) is 26.6 Å². The second-order valence-electron chi connectivity index (χ2n) is 3.66. The number of nitrogens with zero attached hydrogens (tertiary/aromatic N) is 3. The molecule has 5 nitrogen and oxygen atoms in total. The minimum atomic E-state index is -0.289. The van der Waals surface area contributed by atoms with Crippen molar-refractivity contribution in [2.45, 2.75) is 44.1 Å². The molecule has 6 heteroatoms. The molecule has 0 radical (unpaired) electrons. The molecule has 0 aliphatic carbocycles. The lowest BCUT2D eigenvalue weighted by Gasteiger charge is -2.10. The molecule has 1 unspecified atom stereocenters. The third kappa shape index (κ3) is 3.60. The number of hydrogen-bond donors (Lipinski definition) is 0. The van der Waals surface area contributed by atoms with Crippen LogP contribution in [0.2, 0.25) is 0 Å². The second kappa shape index (κ2) is 7.20. The van der Waals surface area contributed by atoms with Gasteiger partial charge in [-0.05, 0) is 13.8 Å². The molecule has 0 saturated carbocycles. The smallest absolute Gasteiger partial charge is 0.319 e. The molecule has 18 heavy (non-hydrogen) atoms. The fraction of sp³-hybridized carbons (Fsp3) is 0.583. The van der Waals surface area contributed by atoms with E-state index in [2.05, 4.69) is 16.8 Å². The number of ether oxygens (including phenoxy) is 1. The van der Waals surface area contributed by atoms with Crippen molar-refractivity contribution in [1.82, 2.24) is 14.8 Å².